The van der Waals surface area contributed by atoms with Gasteiger partial charge >= 0.3 is 5.97 Å². The predicted molar refractivity (Wildman–Crippen MR) is 150 cm³/mol. The smallest absolute Gasteiger partial charge is 0.335 e. The molecule has 190 valence electrons. The largest absolute Gasteiger partial charge is 0.478 e. The van der Waals surface area contributed by atoms with Crippen LogP contribution >= 0.6 is 34.8 Å². The molecule has 38 heavy (non-hydrogen) atoms. The maximum absolute atomic E-state index is 13.4. The molecule has 2 heterocycles. The van der Waals surface area contributed by atoms with Crippen LogP contribution in [0.4, 0.5) is 0 Å². The Balaban J connectivity index is 1.59. The molecular formula is C29H20Cl3N3O3. The molecule has 0 saturated heterocycles. The molecule has 0 aliphatic rings. The number of halogens is 3. The molecule has 5 aromatic rings. The van der Waals surface area contributed by atoms with Crippen molar-refractivity contribution in [3.63, 3.8) is 0 Å². The lowest BCUT2D eigenvalue weighted by molar-refractivity contribution is 0.0697. The molecule has 0 aliphatic carbocycles. The lowest BCUT2D eigenvalue weighted by Gasteiger charge is -2.19. The fourth-order valence-electron chi connectivity index (χ4n) is 4.32. The second-order valence-electron chi connectivity index (χ2n) is 8.66. The Kier molecular flexibility index (Phi) is 7.38. The van der Waals surface area contributed by atoms with Crippen molar-refractivity contribution >= 4 is 40.8 Å². The summed E-state index contributed by atoms with van der Waals surface area (Å²) in [4.78, 5) is 32.7. The molecular weight excluding hydrogens is 545 g/mol. The number of carboxylic acid groups (broad SMARTS) is 1. The molecule has 0 amide bonds. The number of pyridine rings is 1. The van der Waals surface area contributed by atoms with Crippen molar-refractivity contribution in [1.29, 1.82) is 0 Å². The highest BCUT2D eigenvalue weighted by Crippen LogP contribution is 2.32. The monoisotopic (exact) mass is 563 g/mol. The van der Waals surface area contributed by atoms with Crippen LogP contribution in [-0.2, 0) is 6.42 Å². The third-order valence-electron chi connectivity index (χ3n) is 6.17. The van der Waals surface area contributed by atoms with Gasteiger partial charge in [-0.2, -0.15) is 0 Å². The molecule has 0 unspecified atom stereocenters. The topological polar surface area (TPSA) is 88.0 Å². The molecule has 2 N–H and O–H groups in total. The van der Waals surface area contributed by atoms with E-state index in [9.17, 15) is 14.7 Å². The molecule has 9 heteroatoms. The third-order valence-corrected chi connectivity index (χ3v) is 7.01. The van der Waals surface area contributed by atoms with Crippen molar-refractivity contribution in [2.24, 2.45) is 0 Å². The molecule has 0 spiro atoms. The van der Waals surface area contributed by atoms with Crippen LogP contribution in [0.3, 0.4) is 0 Å². The van der Waals surface area contributed by atoms with Crippen molar-refractivity contribution in [2.75, 3.05) is 0 Å². The van der Waals surface area contributed by atoms with Crippen LogP contribution in [0.15, 0.2) is 95.9 Å². The number of carboxylic acids is 1. The first-order valence-corrected chi connectivity index (χ1v) is 12.7. The third kappa shape index (κ3) is 5.38. The Hall–Kier alpha value is -3.84. The minimum atomic E-state index is -1.05. The van der Waals surface area contributed by atoms with Crippen LogP contribution < -0.4 is 5.56 Å². The summed E-state index contributed by atoms with van der Waals surface area (Å²) in [6.45, 7) is 0. The zero-order chi connectivity index (χ0) is 26.8. The number of nitrogens with zero attached hydrogens (tertiary/aromatic N) is 2. The highest BCUT2D eigenvalue weighted by Gasteiger charge is 2.23. The maximum Gasteiger partial charge on any atom is 0.335 e. The zero-order valence-electron chi connectivity index (χ0n) is 19.7. The Morgan fingerprint density at radius 2 is 1.71 bits per heavy atom. The summed E-state index contributed by atoms with van der Waals surface area (Å²) < 4.78 is 1.58. The molecule has 1 atom stereocenters. The average molecular weight is 565 g/mol. The average Bonchev–Trinajstić information content (AvgIpc) is 3.30. The van der Waals surface area contributed by atoms with E-state index in [2.05, 4.69) is 4.98 Å². The summed E-state index contributed by atoms with van der Waals surface area (Å²) in [5, 5.41) is 10.6. The van der Waals surface area contributed by atoms with Crippen LogP contribution in [0.25, 0.3) is 22.4 Å². The van der Waals surface area contributed by atoms with Gasteiger partial charge in [0.2, 0.25) is 0 Å². The molecule has 6 nitrogen and oxygen atoms in total. The maximum atomic E-state index is 13.4. The highest BCUT2D eigenvalue weighted by atomic mass is 35.5. The van der Waals surface area contributed by atoms with Gasteiger partial charge in [0.15, 0.2) is 0 Å². The van der Waals surface area contributed by atoms with Gasteiger partial charge in [-0.3, -0.25) is 4.79 Å². The Labute approximate surface area is 233 Å². The van der Waals surface area contributed by atoms with E-state index in [0.29, 0.717) is 44.7 Å². The molecule has 0 aliphatic heterocycles. The summed E-state index contributed by atoms with van der Waals surface area (Å²) in [5.41, 5.74) is 3.10. The molecule has 5 rings (SSSR count). The minimum absolute atomic E-state index is 0.121. The number of hydrogen-bond donors (Lipinski definition) is 2. The van der Waals surface area contributed by atoms with E-state index in [4.69, 9.17) is 39.8 Å². The van der Waals surface area contributed by atoms with Crippen molar-refractivity contribution < 1.29 is 9.90 Å². The quantitative estimate of drug-likeness (QED) is 0.216. The molecule has 0 saturated carbocycles. The summed E-state index contributed by atoms with van der Waals surface area (Å²) in [5.74, 6) is -0.586. The van der Waals surface area contributed by atoms with Gasteiger partial charge in [-0.05, 0) is 47.5 Å². The molecule has 3 aromatic carbocycles. The molecule has 0 fully saturated rings. The number of hydrogen-bond acceptors (Lipinski definition) is 3. The molecule has 2 aromatic heterocycles. The molecule has 0 bridgehead atoms. The van der Waals surface area contributed by atoms with Crippen LogP contribution in [0.2, 0.25) is 15.2 Å². The number of H-pyrrole nitrogens is 1. The van der Waals surface area contributed by atoms with E-state index in [0.717, 1.165) is 5.56 Å². The first-order chi connectivity index (χ1) is 18.3. The SMILES string of the molecule is O=C(O)c1cccc(-c2nc([C@H](Cc3ccccc3)n3ccc(-c4cc(Cl)ccc4Cl)cc3=O)[nH]c2Cl)c1. The van der Waals surface area contributed by atoms with E-state index in [-0.39, 0.29) is 16.3 Å². The van der Waals surface area contributed by atoms with Gasteiger partial charge in [0.25, 0.3) is 5.56 Å². The second-order valence-corrected chi connectivity index (χ2v) is 9.88. The van der Waals surface area contributed by atoms with E-state index >= 15 is 0 Å². The van der Waals surface area contributed by atoms with Crippen molar-refractivity contribution in [1.82, 2.24) is 14.5 Å². The Bertz CT molecular complexity index is 1700. The number of aromatic carboxylic acids is 1. The van der Waals surface area contributed by atoms with Crippen LogP contribution in [0, 0.1) is 0 Å². The second kappa shape index (κ2) is 10.9. The summed E-state index contributed by atoms with van der Waals surface area (Å²) >= 11 is 19.1. The van der Waals surface area contributed by atoms with Crippen molar-refractivity contribution in [2.45, 2.75) is 12.5 Å². The number of imidazole rings is 1. The van der Waals surface area contributed by atoms with Gasteiger partial charge in [-0.25, -0.2) is 9.78 Å². The fourth-order valence-corrected chi connectivity index (χ4v) is 4.96. The standard InChI is InChI=1S/C29H20Cl3N3O3/c30-21-9-10-23(31)22(16-21)18-11-12-35(25(36)15-18)24(13-17-5-2-1-3-6-17)28-33-26(27(32)34-28)19-7-4-8-20(14-19)29(37)38/h1-12,14-16,24H,13H2,(H,33,34)(H,37,38)/t24-/m0/s1. The van der Waals surface area contributed by atoms with Gasteiger partial charge < -0.3 is 14.7 Å². The minimum Gasteiger partial charge on any atom is -0.478 e. The lowest BCUT2D eigenvalue weighted by atomic mass is 10.0. The zero-order valence-corrected chi connectivity index (χ0v) is 22.0. The summed E-state index contributed by atoms with van der Waals surface area (Å²) in [7, 11) is 0. The van der Waals surface area contributed by atoms with Crippen molar-refractivity contribution in [3.8, 4) is 22.4 Å². The summed E-state index contributed by atoms with van der Waals surface area (Å²) in [6.07, 6.45) is 2.15. The Morgan fingerprint density at radius 3 is 2.45 bits per heavy atom. The first-order valence-electron chi connectivity index (χ1n) is 11.6. The van der Waals surface area contributed by atoms with E-state index in [1.807, 2.05) is 30.3 Å². The van der Waals surface area contributed by atoms with Gasteiger partial charge in [-0.15, -0.1) is 0 Å². The number of aromatic nitrogens is 3. The van der Waals surface area contributed by atoms with E-state index in [1.54, 1.807) is 47.2 Å². The lowest BCUT2D eigenvalue weighted by Crippen LogP contribution is -2.27. The number of rotatable bonds is 7. The highest BCUT2D eigenvalue weighted by molar-refractivity contribution is 6.35. The van der Waals surface area contributed by atoms with E-state index < -0.39 is 12.0 Å². The van der Waals surface area contributed by atoms with Crippen molar-refractivity contribution in [3.05, 3.63) is 134 Å². The fraction of sp³-hybridized carbons (Fsp3) is 0.0690. The Morgan fingerprint density at radius 1 is 0.921 bits per heavy atom. The van der Waals surface area contributed by atoms with E-state index in [1.165, 1.54) is 18.2 Å². The van der Waals surface area contributed by atoms with Gasteiger partial charge in [0, 0.05) is 39.9 Å². The van der Waals surface area contributed by atoms with Crippen LogP contribution in [-0.4, -0.2) is 25.6 Å². The normalized spacial score (nSPS) is 11.9. The number of nitrogens with one attached hydrogen (secondary N) is 1. The predicted octanol–water partition coefficient (Wildman–Crippen LogP) is 7.40. The number of benzene rings is 3. The van der Waals surface area contributed by atoms with Crippen LogP contribution in [0.5, 0.6) is 0 Å². The first kappa shape index (κ1) is 25.8. The molecule has 0 radical (unpaired) electrons. The summed E-state index contributed by atoms with van der Waals surface area (Å²) in [6, 6.07) is 24.0. The van der Waals surface area contributed by atoms with Gasteiger partial charge in [0.1, 0.15) is 16.7 Å². The van der Waals surface area contributed by atoms with Gasteiger partial charge in [0.05, 0.1) is 11.6 Å². The number of carbonyl (C=O) groups is 1. The van der Waals surface area contributed by atoms with Crippen LogP contribution in [0.1, 0.15) is 27.8 Å². The number of aromatic amines is 1. The van der Waals surface area contributed by atoms with Gasteiger partial charge in [-0.1, -0.05) is 77.3 Å².